The first-order chi connectivity index (χ1) is 18.1. The smallest absolute Gasteiger partial charge is 0.303 e. The molecule has 0 saturated heterocycles. The van der Waals surface area contributed by atoms with Gasteiger partial charge in [-0.15, -0.1) is 11.6 Å². The third-order valence-electron chi connectivity index (χ3n) is 4.68. The van der Waals surface area contributed by atoms with Crippen LogP contribution in [0, 0.1) is 0 Å². The summed E-state index contributed by atoms with van der Waals surface area (Å²) in [5.74, 6) is -0.976. The summed E-state index contributed by atoms with van der Waals surface area (Å²) in [6.45, 7) is 1.84. The second-order valence-electron chi connectivity index (χ2n) is 8.05. The van der Waals surface area contributed by atoms with Crippen molar-refractivity contribution < 1.29 is 45.4 Å². The lowest BCUT2D eigenvalue weighted by Gasteiger charge is -2.18. The van der Waals surface area contributed by atoms with Gasteiger partial charge in [0.1, 0.15) is 31.2 Å². The molecule has 2 aromatic rings. The number of sulfone groups is 1. The van der Waals surface area contributed by atoms with Crippen LogP contribution in [0.1, 0.15) is 13.8 Å². The van der Waals surface area contributed by atoms with Crippen LogP contribution >= 0.6 is 34.8 Å². The van der Waals surface area contributed by atoms with Gasteiger partial charge in [0, 0.05) is 13.8 Å². The summed E-state index contributed by atoms with van der Waals surface area (Å²) >= 11 is 18.2. The molecule has 16 heteroatoms. The molecule has 0 aliphatic heterocycles. The van der Waals surface area contributed by atoms with Crippen molar-refractivity contribution in [3.05, 3.63) is 46.4 Å². The van der Waals surface area contributed by atoms with E-state index in [9.17, 15) is 26.4 Å². The predicted molar refractivity (Wildman–Crippen MR) is 144 cm³/mol. The quantitative estimate of drug-likeness (QED) is 0.239. The van der Waals surface area contributed by atoms with Crippen LogP contribution in [0.5, 0.6) is 11.5 Å². The molecule has 0 amide bonds. The molecule has 0 radical (unpaired) electrons. The fourth-order valence-electron chi connectivity index (χ4n) is 3.00. The van der Waals surface area contributed by atoms with Crippen molar-refractivity contribution in [1.82, 2.24) is 4.72 Å². The fourth-order valence-corrected chi connectivity index (χ4v) is 5.68. The minimum Gasteiger partial charge on any atom is -0.490 e. The van der Waals surface area contributed by atoms with Crippen LogP contribution in [-0.2, 0) is 38.9 Å². The van der Waals surface area contributed by atoms with E-state index in [-0.39, 0.29) is 57.0 Å². The summed E-state index contributed by atoms with van der Waals surface area (Å²) in [5, 5.41) is -0.173. The Labute approximate surface area is 241 Å². The largest absolute Gasteiger partial charge is 0.490 e. The number of alkyl halides is 1. The Morgan fingerprint density at radius 1 is 0.846 bits per heavy atom. The lowest BCUT2D eigenvalue weighted by Crippen LogP contribution is -2.37. The molecular formula is C23H26Cl3NO10S2. The minimum atomic E-state index is -4.06. The Bertz CT molecular complexity index is 1360. The molecule has 216 valence electrons. The van der Waals surface area contributed by atoms with Crippen LogP contribution in [0.3, 0.4) is 0 Å². The molecule has 0 bridgehead atoms. The van der Waals surface area contributed by atoms with Crippen molar-refractivity contribution in [1.29, 1.82) is 0 Å². The van der Waals surface area contributed by atoms with Gasteiger partial charge >= 0.3 is 11.9 Å². The van der Waals surface area contributed by atoms with E-state index in [1.54, 1.807) is 0 Å². The molecule has 0 aromatic heterocycles. The van der Waals surface area contributed by atoms with Crippen molar-refractivity contribution in [2.24, 2.45) is 0 Å². The summed E-state index contributed by atoms with van der Waals surface area (Å²) in [6.07, 6.45) is -0.721. The minimum absolute atomic E-state index is 0.00371. The molecular weight excluding hydrogens is 621 g/mol. The molecule has 0 saturated carbocycles. The molecule has 2 atom stereocenters. The standard InChI is InChI=1S/C23H26Cl3NO10S2/c1-14(28)36-17(10-24)12-35-23-21(25)8-20(9-22(23)26)39(32,33)19-6-4-16(5-7-19)34-13-18(37-15(2)29)11-27-38(3,30)31/h4-9,17-18,27H,10-13H2,1-3H3/t17-,18-/m0/s1. The Hall–Kier alpha value is -2.29. The number of carbonyl (C=O) groups excluding carboxylic acids is 2. The average Bonchev–Trinajstić information content (AvgIpc) is 2.83. The number of benzene rings is 2. The number of sulfonamides is 1. The van der Waals surface area contributed by atoms with Crippen LogP contribution in [0.2, 0.25) is 10.0 Å². The first kappa shape index (κ1) is 32.9. The van der Waals surface area contributed by atoms with Gasteiger partial charge < -0.3 is 18.9 Å². The van der Waals surface area contributed by atoms with Crippen LogP contribution in [0.25, 0.3) is 0 Å². The maximum atomic E-state index is 13.2. The molecule has 0 aliphatic carbocycles. The SMILES string of the molecule is CC(=O)O[C@@H](CNS(C)(=O)=O)COc1ccc(S(=O)(=O)c2cc(Cl)c(OC[C@H](CCl)OC(C)=O)c(Cl)c2)cc1. The first-order valence-corrected chi connectivity index (χ1v) is 15.7. The Balaban J connectivity index is 2.14. The normalized spacial score (nSPS) is 13.3. The highest BCUT2D eigenvalue weighted by Gasteiger charge is 2.23. The maximum absolute atomic E-state index is 13.2. The number of hydrogen-bond acceptors (Lipinski definition) is 10. The van der Waals surface area contributed by atoms with Gasteiger partial charge in [-0.1, -0.05) is 23.2 Å². The van der Waals surface area contributed by atoms with Crippen molar-refractivity contribution in [3.63, 3.8) is 0 Å². The number of rotatable bonds is 14. The highest BCUT2D eigenvalue weighted by Crippen LogP contribution is 2.37. The van der Waals surface area contributed by atoms with E-state index in [4.69, 9.17) is 53.8 Å². The van der Waals surface area contributed by atoms with Crippen LogP contribution in [-0.4, -0.2) is 72.9 Å². The molecule has 0 heterocycles. The Morgan fingerprint density at radius 3 is 1.85 bits per heavy atom. The molecule has 0 unspecified atom stereocenters. The number of carbonyl (C=O) groups is 2. The van der Waals surface area contributed by atoms with Gasteiger partial charge in [-0.3, -0.25) is 9.59 Å². The van der Waals surface area contributed by atoms with E-state index < -0.39 is 44.0 Å². The van der Waals surface area contributed by atoms with Crippen molar-refractivity contribution in [3.8, 4) is 11.5 Å². The summed E-state index contributed by atoms with van der Waals surface area (Å²) in [5.41, 5.74) is 0. The second-order valence-corrected chi connectivity index (χ2v) is 13.0. The van der Waals surface area contributed by atoms with Crippen molar-refractivity contribution >= 4 is 66.6 Å². The number of nitrogens with one attached hydrogen (secondary N) is 1. The van der Waals surface area contributed by atoms with Gasteiger partial charge in [-0.25, -0.2) is 21.6 Å². The molecule has 0 fully saturated rings. The van der Waals surface area contributed by atoms with E-state index in [2.05, 4.69) is 4.72 Å². The van der Waals surface area contributed by atoms with Crippen LogP contribution in [0.4, 0.5) is 0 Å². The number of ether oxygens (including phenoxy) is 4. The second kappa shape index (κ2) is 14.4. The van der Waals surface area contributed by atoms with E-state index in [1.807, 2.05) is 0 Å². The molecule has 2 rings (SSSR count). The van der Waals surface area contributed by atoms with Crippen molar-refractivity contribution in [2.45, 2.75) is 35.8 Å². The fraction of sp³-hybridized carbons (Fsp3) is 0.391. The average molecular weight is 647 g/mol. The zero-order chi connectivity index (χ0) is 29.4. The van der Waals surface area contributed by atoms with Gasteiger partial charge in [0.25, 0.3) is 0 Å². The summed E-state index contributed by atoms with van der Waals surface area (Å²) in [6, 6.07) is 7.67. The van der Waals surface area contributed by atoms with E-state index in [0.29, 0.717) is 0 Å². The third-order valence-corrected chi connectivity index (χ3v) is 8.02. The Kier molecular flexibility index (Phi) is 12.1. The third kappa shape index (κ3) is 10.7. The maximum Gasteiger partial charge on any atom is 0.303 e. The molecule has 2 aromatic carbocycles. The molecule has 0 aliphatic rings. The lowest BCUT2D eigenvalue weighted by molar-refractivity contribution is -0.148. The molecule has 39 heavy (non-hydrogen) atoms. The topological polar surface area (TPSA) is 151 Å². The summed E-state index contributed by atoms with van der Waals surface area (Å²) in [4.78, 5) is 22.1. The highest BCUT2D eigenvalue weighted by atomic mass is 35.5. The lowest BCUT2D eigenvalue weighted by atomic mass is 10.3. The molecule has 1 N–H and O–H groups in total. The van der Waals surface area contributed by atoms with Crippen LogP contribution < -0.4 is 14.2 Å². The van der Waals surface area contributed by atoms with Crippen LogP contribution in [0.15, 0.2) is 46.2 Å². The number of esters is 2. The summed E-state index contributed by atoms with van der Waals surface area (Å²) in [7, 11) is -7.58. The summed E-state index contributed by atoms with van der Waals surface area (Å²) < 4.78 is 72.3. The van der Waals surface area contributed by atoms with E-state index >= 15 is 0 Å². The van der Waals surface area contributed by atoms with Gasteiger partial charge in [0.15, 0.2) is 5.75 Å². The predicted octanol–water partition coefficient (Wildman–Crippen LogP) is 3.24. The van der Waals surface area contributed by atoms with Crippen molar-refractivity contribution in [2.75, 3.05) is 31.9 Å². The zero-order valence-corrected chi connectivity index (χ0v) is 24.9. The van der Waals surface area contributed by atoms with E-state index in [1.165, 1.54) is 50.2 Å². The van der Waals surface area contributed by atoms with E-state index in [0.717, 1.165) is 6.26 Å². The highest BCUT2D eigenvalue weighted by molar-refractivity contribution is 7.91. The molecule has 0 spiro atoms. The monoisotopic (exact) mass is 645 g/mol. The number of halogens is 3. The van der Waals surface area contributed by atoms with Gasteiger partial charge in [0.05, 0.1) is 38.5 Å². The van der Waals surface area contributed by atoms with Gasteiger partial charge in [0.2, 0.25) is 19.9 Å². The first-order valence-electron chi connectivity index (χ1n) is 11.1. The number of hydrogen-bond donors (Lipinski definition) is 1. The zero-order valence-electron chi connectivity index (χ0n) is 21.0. The Morgan fingerprint density at radius 2 is 1.36 bits per heavy atom. The van der Waals surface area contributed by atoms with Gasteiger partial charge in [-0.2, -0.15) is 0 Å². The molecule has 11 nitrogen and oxygen atoms in total. The van der Waals surface area contributed by atoms with Gasteiger partial charge in [-0.05, 0) is 36.4 Å².